The number of esters is 1. The van der Waals surface area contributed by atoms with Gasteiger partial charge in [0.2, 0.25) is 5.67 Å². The van der Waals surface area contributed by atoms with Gasteiger partial charge in [-0.1, -0.05) is 0 Å². The summed E-state index contributed by atoms with van der Waals surface area (Å²) in [5.41, 5.74) is -2.38. The molecule has 2 N–H and O–H groups in total. The monoisotopic (exact) mass is 164 g/mol. The number of rotatable bonds is 1. The number of aliphatic hydroxyl groups is 2. The zero-order chi connectivity index (χ0) is 8.65. The van der Waals surface area contributed by atoms with E-state index in [4.69, 9.17) is 10.2 Å². The number of hydrogen-bond donors (Lipinski definition) is 2. The van der Waals surface area contributed by atoms with Crippen LogP contribution in [0.4, 0.5) is 4.39 Å². The molecule has 1 aliphatic heterocycles. The molecular weight excluding hydrogens is 155 g/mol. The van der Waals surface area contributed by atoms with Crippen LogP contribution < -0.4 is 0 Å². The second kappa shape index (κ2) is 2.42. The minimum Gasteiger partial charge on any atom is -0.455 e. The van der Waals surface area contributed by atoms with E-state index in [2.05, 4.69) is 4.74 Å². The molecule has 11 heavy (non-hydrogen) atoms. The number of carbonyl (C=O) groups is 1. The average molecular weight is 164 g/mol. The Morgan fingerprint density at radius 3 is 2.55 bits per heavy atom. The summed E-state index contributed by atoms with van der Waals surface area (Å²) >= 11 is 0. The Bertz CT molecular complexity index is 179. The molecule has 0 aromatic rings. The summed E-state index contributed by atoms with van der Waals surface area (Å²) < 4.78 is 17.3. The number of cyclic esters (lactones) is 1. The first-order chi connectivity index (χ1) is 5.00. The van der Waals surface area contributed by atoms with Gasteiger partial charge in [0.1, 0.15) is 6.10 Å². The lowest BCUT2D eigenvalue weighted by Crippen LogP contribution is -2.40. The van der Waals surface area contributed by atoms with Crippen LogP contribution in [-0.2, 0) is 9.53 Å². The van der Waals surface area contributed by atoms with Crippen LogP contribution in [0.5, 0.6) is 0 Å². The normalized spacial score (nSPS) is 44.2. The van der Waals surface area contributed by atoms with E-state index >= 15 is 0 Å². The molecule has 1 saturated heterocycles. The molecule has 1 aliphatic rings. The minimum atomic E-state index is -2.38. The van der Waals surface area contributed by atoms with Gasteiger partial charge in [0.25, 0.3) is 0 Å². The maximum atomic E-state index is 13.0. The first-order valence-electron chi connectivity index (χ1n) is 3.19. The summed E-state index contributed by atoms with van der Waals surface area (Å²) in [7, 11) is 0. The summed E-state index contributed by atoms with van der Waals surface area (Å²) in [4.78, 5) is 10.6. The number of alkyl halides is 1. The SMILES string of the molecule is CC1(F)C(=O)O[C@H](CO)[C@H]1O. The van der Waals surface area contributed by atoms with E-state index in [0.717, 1.165) is 6.92 Å². The summed E-state index contributed by atoms with van der Waals surface area (Å²) in [5.74, 6) is -1.12. The van der Waals surface area contributed by atoms with Gasteiger partial charge in [0.05, 0.1) is 6.61 Å². The van der Waals surface area contributed by atoms with Crippen molar-refractivity contribution in [1.82, 2.24) is 0 Å². The van der Waals surface area contributed by atoms with E-state index in [0.29, 0.717) is 0 Å². The van der Waals surface area contributed by atoms with Crippen molar-refractivity contribution in [2.24, 2.45) is 0 Å². The molecule has 5 heteroatoms. The van der Waals surface area contributed by atoms with Crippen molar-refractivity contribution in [1.29, 1.82) is 0 Å². The number of halogens is 1. The van der Waals surface area contributed by atoms with Crippen molar-refractivity contribution >= 4 is 5.97 Å². The summed E-state index contributed by atoms with van der Waals surface area (Å²) in [6.45, 7) is 0.363. The van der Waals surface area contributed by atoms with Crippen molar-refractivity contribution in [3.05, 3.63) is 0 Å². The van der Waals surface area contributed by atoms with Gasteiger partial charge in [-0.3, -0.25) is 0 Å². The van der Waals surface area contributed by atoms with Crippen LogP contribution in [0.2, 0.25) is 0 Å². The van der Waals surface area contributed by atoms with E-state index in [1.165, 1.54) is 0 Å². The molecule has 64 valence electrons. The molecule has 1 fully saturated rings. The molecule has 4 nitrogen and oxygen atoms in total. The molecule has 3 atom stereocenters. The summed E-state index contributed by atoms with van der Waals surface area (Å²) in [6, 6.07) is 0. The highest BCUT2D eigenvalue weighted by Gasteiger charge is 2.54. The lowest BCUT2D eigenvalue weighted by molar-refractivity contribution is -0.150. The topological polar surface area (TPSA) is 66.8 Å². The van der Waals surface area contributed by atoms with Gasteiger partial charge in [-0.2, -0.15) is 0 Å². The molecule has 1 rings (SSSR count). The largest absolute Gasteiger partial charge is 0.455 e. The van der Waals surface area contributed by atoms with Crippen LogP contribution in [0, 0.1) is 0 Å². The molecule has 0 amide bonds. The third-order valence-electron chi connectivity index (χ3n) is 1.75. The van der Waals surface area contributed by atoms with Gasteiger partial charge in [-0.25, -0.2) is 9.18 Å². The Morgan fingerprint density at radius 2 is 2.36 bits per heavy atom. The third-order valence-corrected chi connectivity index (χ3v) is 1.75. The zero-order valence-electron chi connectivity index (χ0n) is 5.95. The summed E-state index contributed by atoms with van der Waals surface area (Å²) in [6.07, 6.45) is -2.70. The minimum absolute atomic E-state index is 0.563. The molecule has 0 bridgehead atoms. The van der Waals surface area contributed by atoms with Gasteiger partial charge >= 0.3 is 5.97 Å². The fraction of sp³-hybridized carbons (Fsp3) is 0.833. The smallest absolute Gasteiger partial charge is 0.346 e. The van der Waals surface area contributed by atoms with Crippen molar-refractivity contribution < 1.29 is 24.1 Å². The van der Waals surface area contributed by atoms with Crippen molar-refractivity contribution in [3.63, 3.8) is 0 Å². The molecule has 0 aromatic heterocycles. The van der Waals surface area contributed by atoms with Crippen LogP contribution in [0.15, 0.2) is 0 Å². The van der Waals surface area contributed by atoms with Crippen LogP contribution in [-0.4, -0.2) is 40.7 Å². The predicted octanol–water partition coefficient (Wildman–Crippen LogP) is -1.01. The van der Waals surface area contributed by atoms with Gasteiger partial charge in [-0.05, 0) is 6.92 Å². The Morgan fingerprint density at radius 1 is 1.82 bits per heavy atom. The Hall–Kier alpha value is -0.680. The average Bonchev–Trinajstić information content (AvgIpc) is 2.14. The standard InChI is InChI=1S/C6H9FO4/c1-6(7)4(9)3(2-8)11-5(6)10/h3-4,8-9H,2H2,1H3/t3-,4-,6?/m1/s1. The Balaban J connectivity index is 2.80. The van der Waals surface area contributed by atoms with Crippen LogP contribution in [0.1, 0.15) is 6.92 Å². The molecule has 1 heterocycles. The predicted molar refractivity (Wildman–Crippen MR) is 32.5 cm³/mol. The molecule has 0 aromatic carbocycles. The fourth-order valence-electron chi connectivity index (χ4n) is 0.924. The molecule has 1 unspecified atom stereocenters. The molecule has 0 saturated carbocycles. The van der Waals surface area contributed by atoms with Gasteiger partial charge in [0.15, 0.2) is 6.10 Å². The van der Waals surface area contributed by atoms with Gasteiger partial charge in [0, 0.05) is 0 Å². The highest BCUT2D eigenvalue weighted by atomic mass is 19.1. The van der Waals surface area contributed by atoms with Crippen molar-refractivity contribution in [3.8, 4) is 0 Å². The molecule has 0 spiro atoms. The third kappa shape index (κ3) is 1.10. The highest BCUT2D eigenvalue weighted by Crippen LogP contribution is 2.29. The fourth-order valence-corrected chi connectivity index (χ4v) is 0.924. The Kier molecular flexibility index (Phi) is 1.85. The first-order valence-corrected chi connectivity index (χ1v) is 3.19. The number of hydrogen-bond acceptors (Lipinski definition) is 4. The highest BCUT2D eigenvalue weighted by molar-refractivity contribution is 5.82. The van der Waals surface area contributed by atoms with E-state index in [-0.39, 0.29) is 0 Å². The number of ether oxygens (including phenoxy) is 1. The van der Waals surface area contributed by atoms with Crippen molar-refractivity contribution in [2.75, 3.05) is 6.61 Å². The van der Waals surface area contributed by atoms with Gasteiger partial charge in [-0.15, -0.1) is 0 Å². The Labute approximate surface area is 62.6 Å². The second-order valence-corrected chi connectivity index (χ2v) is 2.65. The summed E-state index contributed by atoms with van der Waals surface area (Å²) in [5, 5.41) is 17.5. The lowest BCUT2D eigenvalue weighted by atomic mass is 10.0. The molecular formula is C6H9FO4. The lowest BCUT2D eigenvalue weighted by Gasteiger charge is -2.14. The number of aliphatic hydroxyl groups excluding tert-OH is 2. The van der Waals surface area contributed by atoms with E-state index < -0.39 is 30.5 Å². The quantitative estimate of drug-likeness (QED) is 0.487. The van der Waals surface area contributed by atoms with E-state index in [1.807, 2.05) is 0 Å². The van der Waals surface area contributed by atoms with Crippen LogP contribution in [0.25, 0.3) is 0 Å². The van der Waals surface area contributed by atoms with E-state index in [1.54, 1.807) is 0 Å². The van der Waals surface area contributed by atoms with Crippen LogP contribution >= 0.6 is 0 Å². The maximum absolute atomic E-state index is 13.0. The molecule has 0 radical (unpaired) electrons. The first kappa shape index (κ1) is 8.42. The van der Waals surface area contributed by atoms with E-state index in [9.17, 15) is 9.18 Å². The van der Waals surface area contributed by atoms with Crippen LogP contribution in [0.3, 0.4) is 0 Å². The number of carbonyl (C=O) groups excluding carboxylic acids is 1. The van der Waals surface area contributed by atoms with Gasteiger partial charge < -0.3 is 14.9 Å². The molecule has 0 aliphatic carbocycles. The zero-order valence-corrected chi connectivity index (χ0v) is 5.95. The second-order valence-electron chi connectivity index (χ2n) is 2.65. The maximum Gasteiger partial charge on any atom is 0.346 e. The van der Waals surface area contributed by atoms with Crippen molar-refractivity contribution in [2.45, 2.75) is 24.8 Å².